The van der Waals surface area contributed by atoms with Crippen LogP contribution in [0.5, 0.6) is 0 Å². The molecule has 3 N–H and O–H groups in total. The third-order valence-corrected chi connectivity index (χ3v) is 3.02. The average molecular weight is 256 g/mol. The topological polar surface area (TPSA) is 82.5 Å². The number of aromatic nitrogens is 1. The Morgan fingerprint density at radius 1 is 1.65 bits per heavy atom. The van der Waals surface area contributed by atoms with Crippen molar-refractivity contribution in [2.24, 2.45) is 0 Å². The molecule has 0 amide bonds. The van der Waals surface area contributed by atoms with Crippen LogP contribution < -0.4 is 5.32 Å². The van der Waals surface area contributed by atoms with Gasteiger partial charge in [-0.05, 0) is 25.3 Å². The van der Waals surface area contributed by atoms with Gasteiger partial charge in [-0.2, -0.15) is 11.8 Å². The molecule has 0 aromatic carbocycles. The lowest BCUT2D eigenvalue weighted by atomic mass is 10.1. The monoisotopic (exact) mass is 256 g/mol. The van der Waals surface area contributed by atoms with Gasteiger partial charge in [0.1, 0.15) is 5.82 Å². The summed E-state index contributed by atoms with van der Waals surface area (Å²) in [5.41, 5.74) is -0.674. The smallest absolute Gasteiger partial charge is 0.335 e. The molecule has 1 aromatic rings. The van der Waals surface area contributed by atoms with Crippen LogP contribution in [0.25, 0.3) is 0 Å². The van der Waals surface area contributed by atoms with Gasteiger partial charge in [0.15, 0.2) is 0 Å². The zero-order valence-electron chi connectivity index (χ0n) is 9.80. The minimum absolute atomic E-state index is 0.173. The van der Waals surface area contributed by atoms with E-state index in [0.29, 0.717) is 18.1 Å². The molecule has 0 radical (unpaired) electrons. The van der Waals surface area contributed by atoms with Crippen molar-refractivity contribution in [3.8, 4) is 0 Å². The fraction of sp³-hybridized carbons (Fsp3) is 0.455. The fourth-order valence-corrected chi connectivity index (χ4v) is 2.03. The summed E-state index contributed by atoms with van der Waals surface area (Å²) in [6, 6.07) is 2.87. The molecule has 1 atom stereocenters. The van der Waals surface area contributed by atoms with Crippen LogP contribution in [0.1, 0.15) is 17.3 Å². The first-order chi connectivity index (χ1) is 7.94. The van der Waals surface area contributed by atoms with E-state index in [1.807, 2.05) is 6.26 Å². The van der Waals surface area contributed by atoms with Crippen LogP contribution in [-0.2, 0) is 0 Å². The number of carbonyl (C=O) groups is 1. The molecule has 94 valence electrons. The fourth-order valence-electron chi connectivity index (χ4n) is 1.30. The predicted octanol–water partition coefficient (Wildman–Crippen LogP) is 1.31. The van der Waals surface area contributed by atoms with Gasteiger partial charge in [-0.15, -0.1) is 0 Å². The Labute approximate surface area is 104 Å². The molecule has 5 nitrogen and oxygen atoms in total. The van der Waals surface area contributed by atoms with Crippen molar-refractivity contribution in [3.63, 3.8) is 0 Å². The minimum Gasteiger partial charge on any atom is -0.478 e. The van der Waals surface area contributed by atoms with Crippen molar-refractivity contribution in [2.45, 2.75) is 12.5 Å². The van der Waals surface area contributed by atoms with Crippen LogP contribution in [0.15, 0.2) is 18.3 Å². The first kappa shape index (κ1) is 13.8. The molecule has 0 spiro atoms. The maximum Gasteiger partial charge on any atom is 0.335 e. The zero-order chi connectivity index (χ0) is 12.9. The van der Waals surface area contributed by atoms with E-state index in [1.165, 1.54) is 18.3 Å². The number of anilines is 1. The van der Waals surface area contributed by atoms with E-state index < -0.39 is 11.6 Å². The Morgan fingerprint density at radius 2 is 2.35 bits per heavy atom. The molecule has 1 aromatic heterocycles. The van der Waals surface area contributed by atoms with Gasteiger partial charge < -0.3 is 15.5 Å². The van der Waals surface area contributed by atoms with Crippen LogP contribution in [0.2, 0.25) is 0 Å². The van der Waals surface area contributed by atoms with Crippen LogP contribution >= 0.6 is 11.8 Å². The van der Waals surface area contributed by atoms with Crippen molar-refractivity contribution in [1.29, 1.82) is 0 Å². The maximum atomic E-state index is 10.7. The molecule has 0 aliphatic rings. The van der Waals surface area contributed by atoms with Crippen molar-refractivity contribution in [2.75, 3.05) is 23.9 Å². The second kappa shape index (κ2) is 5.88. The number of pyridine rings is 1. The lowest BCUT2D eigenvalue weighted by Gasteiger charge is -2.22. The van der Waals surface area contributed by atoms with Crippen molar-refractivity contribution in [1.82, 2.24) is 4.98 Å². The highest BCUT2D eigenvalue weighted by molar-refractivity contribution is 7.98. The molecule has 17 heavy (non-hydrogen) atoms. The lowest BCUT2D eigenvalue weighted by Crippen LogP contribution is -2.36. The molecule has 6 heteroatoms. The summed E-state index contributed by atoms with van der Waals surface area (Å²) < 4.78 is 0. The van der Waals surface area contributed by atoms with E-state index in [0.717, 1.165) is 0 Å². The van der Waals surface area contributed by atoms with Gasteiger partial charge in [-0.1, -0.05) is 0 Å². The summed E-state index contributed by atoms with van der Waals surface area (Å²) in [6.07, 6.45) is 3.34. The van der Waals surface area contributed by atoms with Gasteiger partial charge >= 0.3 is 5.97 Å². The van der Waals surface area contributed by atoms with E-state index >= 15 is 0 Å². The molecular weight excluding hydrogens is 240 g/mol. The third kappa shape index (κ3) is 4.62. The predicted molar refractivity (Wildman–Crippen MR) is 68.7 cm³/mol. The highest BCUT2D eigenvalue weighted by atomic mass is 32.2. The van der Waals surface area contributed by atoms with Crippen molar-refractivity contribution < 1.29 is 15.0 Å². The number of carboxylic acids is 1. The van der Waals surface area contributed by atoms with Crippen molar-refractivity contribution in [3.05, 3.63) is 23.9 Å². The molecule has 1 unspecified atom stereocenters. The SMILES string of the molecule is CSCC(C)(O)CNc1cc(C(=O)O)ccn1. The summed E-state index contributed by atoms with van der Waals surface area (Å²) >= 11 is 1.55. The Bertz CT molecular complexity index is 396. The number of hydrogen-bond acceptors (Lipinski definition) is 5. The summed E-state index contributed by atoms with van der Waals surface area (Å²) in [7, 11) is 0. The Morgan fingerprint density at radius 3 is 2.94 bits per heavy atom. The number of thioether (sulfide) groups is 1. The molecule has 0 saturated heterocycles. The largest absolute Gasteiger partial charge is 0.478 e. The number of hydrogen-bond donors (Lipinski definition) is 3. The lowest BCUT2D eigenvalue weighted by molar-refractivity contribution is 0.0696. The Hall–Kier alpha value is -1.27. The molecule has 0 bridgehead atoms. The first-order valence-electron chi connectivity index (χ1n) is 5.09. The van der Waals surface area contributed by atoms with E-state index in [1.54, 1.807) is 18.7 Å². The quantitative estimate of drug-likeness (QED) is 0.712. The van der Waals surface area contributed by atoms with Gasteiger partial charge in [0.05, 0.1) is 11.2 Å². The normalized spacial score (nSPS) is 14.1. The van der Waals surface area contributed by atoms with Gasteiger partial charge in [-0.25, -0.2) is 9.78 Å². The summed E-state index contributed by atoms with van der Waals surface area (Å²) in [4.78, 5) is 14.7. The molecule has 0 saturated carbocycles. The average Bonchev–Trinajstić information content (AvgIpc) is 2.27. The van der Waals surface area contributed by atoms with Gasteiger partial charge in [0.25, 0.3) is 0 Å². The van der Waals surface area contributed by atoms with E-state index in [-0.39, 0.29) is 5.56 Å². The van der Waals surface area contributed by atoms with Crippen LogP contribution in [0.4, 0.5) is 5.82 Å². The van der Waals surface area contributed by atoms with E-state index in [2.05, 4.69) is 10.3 Å². The molecule has 0 fully saturated rings. The third-order valence-electron chi connectivity index (χ3n) is 2.11. The van der Waals surface area contributed by atoms with Crippen LogP contribution in [-0.4, -0.2) is 45.3 Å². The van der Waals surface area contributed by atoms with Crippen LogP contribution in [0.3, 0.4) is 0 Å². The van der Waals surface area contributed by atoms with Gasteiger partial charge in [0, 0.05) is 18.5 Å². The summed E-state index contributed by atoms with van der Waals surface area (Å²) in [5.74, 6) is 0.0520. The van der Waals surface area contributed by atoms with Gasteiger partial charge in [0.2, 0.25) is 0 Å². The first-order valence-corrected chi connectivity index (χ1v) is 6.48. The van der Waals surface area contributed by atoms with E-state index in [4.69, 9.17) is 5.11 Å². The highest BCUT2D eigenvalue weighted by Crippen LogP contribution is 2.13. The van der Waals surface area contributed by atoms with E-state index in [9.17, 15) is 9.90 Å². The standard InChI is InChI=1S/C11H16N2O3S/c1-11(16,7-17-2)6-13-9-5-8(10(14)15)3-4-12-9/h3-5,16H,6-7H2,1-2H3,(H,12,13)(H,14,15). The maximum absolute atomic E-state index is 10.7. The number of nitrogens with one attached hydrogen (secondary N) is 1. The Kier molecular flexibility index (Phi) is 4.77. The molecule has 1 heterocycles. The number of aromatic carboxylic acids is 1. The molecule has 0 aliphatic carbocycles. The number of carboxylic acid groups (broad SMARTS) is 1. The summed E-state index contributed by atoms with van der Waals surface area (Å²) in [5, 5.41) is 21.7. The molecular formula is C11H16N2O3S. The van der Waals surface area contributed by atoms with Gasteiger partial charge in [-0.3, -0.25) is 0 Å². The second-order valence-electron chi connectivity index (χ2n) is 4.02. The second-order valence-corrected chi connectivity index (χ2v) is 4.88. The number of rotatable bonds is 6. The number of nitrogens with zero attached hydrogens (tertiary/aromatic N) is 1. The van der Waals surface area contributed by atoms with Crippen molar-refractivity contribution >= 4 is 23.5 Å². The zero-order valence-corrected chi connectivity index (χ0v) is 10.6. The summed E-state index contributed by atoms with van der Waals surface area (Å²) in [6.45, 7) is 2.04. The molecule has 0 aliphatic heterocycles. The van der Waals surface area contributed by atoms with Crippen LogP contribution in [0, 0.1) is 0 Å². The number of aliphatic hydroxyl groups is 1. The highest BCUT2D eigenvalue weighted by Gasteiger charge is 2.19. The Balaban J connectivity index is 2.63. The minimum atomic E-state index is -0.994. The molecule has 1 rings (SSSR count).